The number of benzene rings is 2. The number of piperidine rings is 1. The molecule has 3 aromatic rings. The first kappa shape index (κ1) is 24.3. The molecule has 7 nitrogen and oxygen atoms in total. The fourth-order valence-electron chi connectivity index (χ4n) is 5.13. The average molecular weight is 487 g/mol. The third-order valence-electron chi connectivity index (χ3n) is 7.18. The van der Waals surface area contributed by atoms with Gasteiger partial charge in [-0.15, -0.1) is 0 Å². The number of amides is 2. The quantitative estimate of drug-likeness (QED) is 0.538. The smallest absolute Gasteiger partial charge is 0.257 e. The van der Waals surface area contributed by atoms with Crippen molar-refractivity contribution in [3.05, 3.63) is 71.9 Å². The zero-order chi connectivity index (χ0) is 24.9. The van der Waals surface area contributed by atoms with Gasteiger partial charge in [0.1, 0.15) is 5.69 Å². The molecule has 1 atom stereocenters. The summed E-state index contributed by atoms with van der Waals surface area (Å²) in [5, 5.41) is 7.85. The third-order valence-corrected chi connectivity index (χ3v) is 7.18. The van der Waals surface area contributed by atoms with Gasteiger partial charge in [0.15, 0.2) is 0 Å². The third kappa shape index (κ3) is 5.68. The van der Waals surface area contributed by atoms with Crippen molar-refractivity contribution in [2.75, 3.05) is 26.2 Å². The lowest BCUT2D eigenvalue weighted by Gasteiger charge is -2.31. The molecule has 2 saturated heterocycles. The lowest BCUT2D eigenvalue weighted by atomic mass is 9.92. The van der Waals surface area contributed by atoms with Crippen LogP contribution in [0.1, 0.15) is 48.0 Å². The van der Waals surface area contributed by atoms with Gasteiger partial charge in [0.25, 0.3) is 5.91 Å². The number of aryl methyl sites for hydroxylation is 1. The Labute approximate surface area is 212 Å². The summed E-state index contributed by atoms with van der Waals surface area (Å²) < 4.78 is 7.38. The lowest BCUT2D eigenvalue weighted by molar-refractivity contribution is -0.122. The van der Waals surface area contributed by atoms with E-state index in [1.165, 1.54) is 0 Å². The molecule has 188 valence electrons. The first-order chi connectivity index (χ1) is 17.6. The van der Waals surface area contributed by atoms with Gasteiger partial charge < -0.3 is 15.0 Å². The largest absolute Gasteiger partial charge is 0.376 e. The SMILES string of the molecule is Cc1cccc(-c2nn(-c3ccccc3)cc2C(=O)N2CCC(CC(=O)NC[C@@H]3CCCO3)CC2)c1. The second kappa shape index (κ2) is 11.1. The molecule has 36 heavy (non-hydrogen) atoms. The number of rotatable bonds is 7. The lowest BCUT2D eigenvalue weighted by Crippen LogP contribution is -2.40. The number of hydrogen-bond acceptors (Lipinski definition) is 4. The van der Waals surface area contributed by atoms with Gasteiger partial charge in [-0.2, -0.15) is 5.10 Å². The van der Waals surface area contributed by atoms with E-state index in [1.807, 2.05) is 66.6 Å². The van der Waals surface area contributed by atoms with Crippen molar-refractivity contribution in [3.8, 4) is 16.9 Å². The van der Waals surface area contributed by atoms with Crippen LogP contribution in [0.4, 0.5) is 0 Å². The Bertz CT molecular complexity index is 1190. The van der Waals surface area contributed by atoms with Crippen LogP contribution in [0.3, 0.4) is 0 Å². The number of nitrogens with zero attached hydrogens (tertiary/aromatic N) is 3. The maximum atomic E-state index is 13.7. The van der Waals surface area contributed by atoms with E-state index >= 15 is 0 Å². The predicted molar refractivity (Wildman–Crippen MR) is 139 cm³/mol. The van der Waals surface area contributed by atoms with E-state index in [2.05, 4.69) is 11.4 Å². The van der Waals surface area contributed by atoms with Crippen LogP contribution in [0.2, 0.25) is 0 Å². The molecule has 0 radical (unpaired) electrons. The molecule has 1 N–H and O–H groups in total. The topological polar surface area (TPSA) is 76.5 Å². The second-order valence-electron chi connectivity index (χ2n) is 9.92. The fraction of sp³-hybridized carbons (Fsp3) is 0.414. The van der Waals surface area contributed by atoms with Gasteiger partial charge in [-0.05, 0) is 56.7 Å². The zero-order valence-electron chi connectivity index (χ0n) is 20.9. The van der Waals surface area contributed by atoms with Crippen molar-refractivity contribution in [1.82, 2.24) is 20.0 Å². The highest BCUT2D eigenvalue weighted by atomic mass is 16.5. The maximum Gasteiger partial charge on any atom is 0.257 e. The minimum Gasteiger partial charge on any atom is -0.376 e. The standard InChI is InChI=1S/C29H34N4O3/c1-21-7-5-8-23(17-21)28-26(20-33(31-28)24-9-3-2-4-10-24)29(35)32-14-12-22(13-15-32)18-27(34)30-19-25-11-6-16-36-25/h2-5,7-10,17,20,22,25H,6,11-16,18-19H2,1H3,(H,30,34)/t25-/m0/s1. The van der Waals surface area contributed by atoms with E-state index in [4.69, 9.17) is 9.84 Å². The number of hydrogen-bond donors (Lipinski definition) is 1. The van der Waals surface area contributed by atoms with Crippen LogP contribution in [0, 0.1) is 12.8 Å². The number of ether oxygens (including phenoxy) is 1. The van der Waals surface area contributed by atoms with Crippen molar-refractivity contribution < 1.29 is 14.3 Å². The normalized spacial score (nSPS) is 18.4. The Kier molecular flexibility index (Phi) is 7.47. The predicted octanol–water partition coefficient (Wildman–Crippen LogP) is 4.39. The average Bonchev–Trinajstić information content (AvgIpc) is 3.59. The van der Waals surface area contributed by atoms with Crippen molar-refractivity contribution in [3.63, 3.8) is 0 Å². The monoisotopic (exact) mass is 486 g/mol. The minimum atomic E-state index is -0.00466. The van der Waals surface area contributed by atoms with Gasteiger partial charge in [0, 0.05) is 44.4 Å². The summed E-state index contributed by atoms with van der Waals surface area (Å²) in [6, 6.07) is 18.0. The van der Waals surface area contributed by atoms with Gasteiger partial charge in [-0.1, -0.05) is 42.0 Å². The van der Waals surface area contributed by atoms with E-state index < -0.39 is 0 Å². The molecular weight excluding hydrogens is 452 g/mol. The van der Waals surface area contributed by atoms with E-state index in [0.29, 0.717) is 43.2 Å². The van der Waals surface area contributed by atoms with Crippen molar-refractivity contribution in [1.29, 1.82) is 0 Å². The fourth-order valence-corrected chi connectivity index (χ4v) is 5.13. The molecule has 0 spiro atoms. The van der Waals surface area contributed by atoms with Gasteiger partial charge in [-0.3, -0.25) is 9.59 Å². The van der Waals surface area contributed by atoms with Crippen LogP contribution < -0.4 is 5.32 Å². The van der Waals surface area contributed by atoms with E-state index in [1.54, 1.807) is 4.68 Å². The van der Waals surface area contributed by atoms with Crippen LogP contribution in [-0.2, 0) is 9.53 Å². The molecule has 2 amide bonds. The van der Waals surface area contributed by atoms with Gasteiger partial charge in [0.05, 0.1) is 17.4 Å². The number of aromatic nitrogens is 2. The second-order valence-corrected chi connectivity index (χ2v) is 9.92. The molecular formula is C29H34N4O3. The summed E-state index contributed by atoms with van der Waals surface area (Å²) >= 11 is 0. The van der Waals surface area contributed by atoms with E-state index in [-0.39, 0.29) is 17.9 Å². The molecule has 3 heterocycles. The molecule has 0 aliphatic carbocycles. The van der Waals surface area contributed by atoms with Crippen molar-refractivity contribution in [2.24, 2.45) is 5.92 Å². The number of carbonyl (C=O) groups excluding carboxylic acids is 2. The van der Waals surface area contributed by atoms with Crippen LogP contribution >= 0.6 is 0 Å². The highest BCUT2D eigenvalue weighted by Gasteiger charge is 2.28. The van der Waals surface area contributed by atoms with Crippen molar-refractivity contribution >= 4 is 11.8 Å². The summed E-state index contributed by atoms with van der Waals surface area (Å²) in [6.07, 6.45) is 6.26. The number of para-hydroxylation sites is 1. The Morgan fingerprint density at radius 1 is 1.06 bits per heavy atom. The van der Waals surface area contributed by atoms with Crippen LogP contribution in [0.15, 0.2) is 60.8 Å². The first-order valence-electron chi connectivity index (χ1n) is 13.0. The van der Waals surface area contributed by atoms with Crippen LogP contribution in [0.5, 0.6) is 0 Å². The molecule has 7 heteroatoms. The molecule has 0 saturated carbocycles. The van der Waals surface area contributed by atoms with Gasteiger partial charge in [0.2, 0.25) is 5.91 Å². The van der Waals surface area contributed by atoms with E-state index in [0.717, 1.165) is 49.1 Å². The summed E-state index contributed by atoms with van der Waals surface area (Å²) in [4.78, 5) is 28.0. The van der Waals surface area contributed by atoms with Crippen LogP contribution in [-0.4, -0.2) is 58.8 Å². The summed E-state index contributed by atoms with van der Waals surface area (Å²) in [7, 11) is 0. The molecule has 2 aliphatic rings. The summed E-state index contributed by atoms with van der Waals surface area (Å²) in [5.41, 5.74) is 4.28. The highest BCUT2D eigenvalue weighted by molar-refractivity contribution is 6.00. The maximum absolute atomic E-state index is 13.7. The molecule has 0 bridgehead atoms. The molecule has 2 fully saturated rings. The Balaban J connectivity index is 1.26. The first-order valence-corrected chi connectivity index (χ1v) is 13.0. The molecule has 5 rings (SSSR count). The van der Waals surface area contributed by atoms with Crippen molar-refractivity contribution in [2.45, 2.75) is 45.1 Å². The van der Waals surface area contributed by atoms with Gasteiger partial charge in [-0.25, -0.2) is 4.68 Å². The van der Waals surface area contributed by atoms with Crippen LogP contribution in [0.25, 0.3) is 16.9 Å². The number of nitrogens with one attached hydrogen (secondary N) is 1. The zero-order valence-corrected chi connectivity index (χ0v) is 20.9. The summed E-state index contributed by atoms with van der Waals surface area (Å²) in [6.45, 7) is 4.73. The minimum absolute atomic E-state index is 0.00466. The number of likely N-dealkylation sites (tertiary alicyclic amines) is 1. The Morgan fingerprint density at radius 3 is 2.58 bits per heavy atom. The highest BCUT2D eigenvalue weighted by Crippen LogP contribution is 2.28. The van der Waals surface area contributed by atoms with E-state index in [9.17, 15) is 9.59 Å². The summed E-state index contributed by atoms with van der Waals surface area (Å²) in [5.74, 6) is 0.373. The molecule has 2 aliphatic heterocycles. The van der Waals surface area contributed by atoms with Gasteiger partial charge >= 0.3 is 0 Å². The Morgan fingerprint density at radius 2 is 1.86 bits per heavy atom. The number of carbonyl (C=O) groups is 2. The molecule has 0 unspecified atom stereocenters. The molecule has 2 aromatic carbocycles. The Hall–Kier alpha value is -3.45. The molecule has 1 aromatic heterocycles.